The molecule has 0 spiro atoms. The number of rotatable bonds is 10. The Morgan fingerprint density at radius 3 is 2.57 bits per heavy atom. The number of hydrogen-bond acceptors (Lipinski definition) is 10. The lowest BCUT2D eigenvalue weighted by molar-refractivity contribution is -0.150. The predicted octanol–water partition coefficient (Wildman–Crippen LogP) is 4.49. The highest BCUT2D eigenvalue weighted by Crippen LogP contribution is 2.46. The third kappa shape index (κ3) is 11.7. The molecule has 14 heteroatoms. The molecule has 1 unspecified atom stereocenters. The van der Waals surface area contributed by atoms with Crippen LogP contribution in [0, 0.1) is 5.92 Å². The second-order valence-corrected chi connectivity index (χ2v) is 15.9. The maximum absolute atomic E-state index is 14.3. The monoisotopic (exact) mass is 743 g/mol. The van der Waals surface area contributed by atoms with Gasteiger partial charge < -0.3 is 39.8 Å². The van der Waals surface area contributed by atoms with Crippen molar-refractivity contribution in [1.82, 2.24) is 25.8 Å². The Kier molecular flexibility index (Phi) is 14.4. The smallest absolute Gasteiger partial charge is 0.410 e. The topological polar surface area (TPSA) is 165 Å². The fraction of sp³-hybridized carbons (Fsp3) is 0.718. The van der Waals surface area contributed by atoms with Crippen molar-refractivity contribution >= 4 is 30.0 Å². The lowest BCUT2D eigenvalue weighted by atomic mass is 10.0. The van der Waals surface area contributed by atoms with Gasteiger partial charge in [-0.05, 0) is 84.4 Å². The molecule has 3 N–H and O–H groups in total. The van der Waals surface area contributed by atoms with Crippen LogP contribution in [0.1, 0.15) is 100 Å². The normalized spacial score (nSPS) is 27.6. The molecular weight excluding hydrogens is 682 g/mol. The number of carbonyl (C=O) groups is 5. The molecule has 4 amide bonds. The molecule has 5 atom stereocenters. The van der Waals surface area contributed by atoms with Gasteiger partial charge in [-0.1, -0.05) is 38.8 Å². The van der Waals surface area contributed by atoms with E-state index in [2.05, 4.69) is 29.8 Å². The number of nitrogens with zero attached hydrogens (tertiary/aromatic N) is 2. The van der Waals surface area contributed by atoms with Gasteiger partial charge in [-0.25, -0.2) is 14.4 Å². The molecule has 1 aliphatic carbocycles. The zero-order chi connectivity index (χ0) is 38.9. The van der Waals surface area contributed by atoms with E-state index in [0.29, 0.717) is 45.0 Å². The number of fused-ring (bicyclic) bond motifs is 2. The minimum Gasteiger partial charge on any atom is -0.497 e. The van der Waals surface area contributed by atoms with Gasteiger partial charge in [0, 0.05) is 38.0 Å². The number of hydrogen-bond donors (Lipinski definition) is 3. The van der Waals surface area contributed by atoms with Crippen molar-refractivity contribution in [1.29, 1.82) is 0 Å². The Labute approximate surface area is 314 Å². The number of amides is 4. The van der Waals surface area contributed by atoms with E-state index in [-0.39, 0.29) is 25.5 Å². The van der Waals surface area contributed by atoms with Crippen LogP contribution < -0.4 is 16.0 Å². The minimum absolute atomic E-state index is 0.0201. The van der Waals surface area contributed by atoms with Crippen molar-refractivity contribution in [3.05, 3.63) is 35.1 Å². The van der Waals surface area contributed by atoms with E-state index in [4.69, 9.17) is 18.9 Å². The molecule has 3 heterocycles. The van der Waals surface area contributed by atoms with E-state index in [1.54, 1.807) is 32.6 Å². The molecule has 0 aromatic carbocycles. The highest BCUT2D eigenvalue weighted by atomic mass is 16.6. The highest BCUT2D eigenvalue weighted by Gasteiger charge is 2.62. The zero-order valence-corrected chi connectivity index (χ0v) is 32.9. The van der Waals surface area contributed by atoms with Crippen molar-refractivity contribution in [3.8, 4) is 0 Å². The standard InChI is InChI=1S/C39H61N5O9/c1-9-50-35(47)39-21-29(39)15-13-11-10-12-14-16-31(41-36(48)53-38(6,7)8)34(46)44-24-30(20-32(44)33(45)42-39)52-37(49)43-22-26(4)28(23-43)19-27(5)51-18-17-40-25(2)3/h13,15,19,25,29-32,40H,9-12,14,16-18,20-24H2,1-8H3,(H,41,48)(H,42,45)/b15-13-,27-19+/t29-,30-,31+,32?,39-/m1/s1. The van der Waals surface area contributed by atoms with Crippen LogP contribution in [0.3, 0.4) is 0 Å². The molecular formula is C39H61N5O9. The molecule has 53 heavy (non-hydrogen) atoms. The van der Waals surface area contributed by atoms with Gasteiger partial charge in [0.1, 0.15) is 35.9 Å². The average molecular weight is 744 g/mol. The van der Waals surface area contributed by atoms with E-state index < -0.39 is 59.3 Å². The van der Waals surface area contributed by atoms with Crippen molar-refractivity contribution in [2.24, 2.45) is 5.92 Å². The molecule has 3 aliphatic heterocycles. The van der Waals surface area contributed by atoms with Crippen molar-refractivity contribution in [2.45, 2.75) is 136 Å². The van der Waals surface area contributed by atoms with E-state index in [1.807, 2.05) is 32.1 Å². The van der Waals surface area contributed by atoms with Gasteiger partial charge in [-0.3, -0.25) is 14.5 Å². The Bertz CT molecular complexity index is 1450. The summed E-state index contributed by atoms with van der Waals surface area (Å²) in [5.74, 6) is -1.04. The van der Waals surface area contributed by atoms with Crippen LogP contribution in [0.25, 0.3) is 0 Å². The van der Waals surface area contributed by atoms with Gasteiger partial charge in [0.25, 0.3) is 0 Å². The molecule has 14 nitrogen and oxygen atoms in total. The molecule has 1 saturated heterocycles. The SMILES string of the molecule is CCOC(=O)[C@@]12C[C@H]1/C=C\CCCCC[C@H](NC(=O)OC(C)(C)C)C(=O)N1C[C@H](OC(=O)N3CC(C)=C(/C=C(\C)OCCNC(C)C)C3)CC1C(=O)N2. The summed E-state index contributed by atoms with van der Waals surface area (Å²) in [6.07, 6.45) is 7.62. The lowest BCUT2D eigenvalue weighted by Crippen LogP contribution is -2.56. The van der Waals surface area contributed by atoms with Gasteiger partial charge in [0.15, 0.2) is 0 Å². The fourth-order valence-corrected chi connectivity index (χ4v) is 6.99. The maximum Gasteiger partial charge on any atom is 0.410 e. The Morgan fingerprint density at radius 2 is 1.87 bits per heavy atom. The summed E-state index contributed by atoms with van der Waals surface area (Å²) >= 11 is 0. The molecule has 0 radical (unpaired) electrons. The van der Waals surface area contributed by atoms with Gasteiger partial charge >= 0.3 is 18.2 Å². The predicted molar refractivity (Wildman–Crippen MR) is 199 cm³/mol. The van der Waals surface area contributed by atoms with E-state index in [9.17, 15) is 24.0 Å². The summed E-state index contributed by atoms with van der Waals surface area (Å²) in [4.78, 5) is 71.1. The van der Waals surface area contributed by atoms with Crippen LogP contribution in [0.5, 0.6) is 0 Å². The summed E-state index contributed by atoms with van der Waals surface area (Å²) in [7, 11) is 0. The van der Waals surface area contributed by atoms with E-state index in [1.165, 1.54) is 4.90 Å². The second kappa shape index (κ2) is 18.3. The first-order valence-electron chi connectivity index (χ1n) is 19.2. The first kappa shape index (κ1) is 41.7. The van der Waals surface area contributed by atoms with Gasteiger partial charge in [0.05, 0.1) is 18.9 Å². The second-order valence-electron chi connectivity index (χ2n) is 15.9. The third-order valence-corrected chi connectivity index (χ3v) is 9.80. The first-order valence-corrected chi connectivity index (χ1v) is 19.2. The summed E-state index contributed by atoms with van der Waals surface area (Å²) in [6.45, 7) is 16.9. The number of carbonyl (C=O) groups excluding carboxylic acids is 5. The Morgan fingerprint density at radius 1 is 1.11 bits per heavy atom. The van der Waals surface area contributed by atoms with E-state index in [0.717, 1.165) is 42.7 Å². The van der Waals surface area contributed by atoms with E-state index >= 15 is 0 Å². The quantitative estimate of drug-likeness (QED) is 0.0955. The summed E-state index contributed by atoms with van der Waals surface area (Å²) in [5, 5.41) is 8.98. The van der Waals surface area contributed by atoms with Gasteiger partial charge in [-0.2, -0.15) is 0 Å². The van der Waals surface area contributed by atoms with Crippen LogP contribution >= 0.6 is 0 Å². The number of alkyl carbamates (subject to hydrolysis) is 1. The molecule has 2 fully saturated rings. The first-order chi connectivity index (χ1) is 25.0. The highest BCUT2D eigenvalue weighted by molar-refractivity contribution is 5.96. The Hall–Kier alpha value is -4.07. The zero-order valence-electron chi connectivity index (χ0n) is 32.9. The van der Waals surface area contributed by atoms with Crippen molar-refractivity contribution in [3.63, 3.8) is 0 Å². The molecule has 1 saturated carbocycles. The molecule has 4 rings (SSSR count). The van der Waals surface area contributed by atoms with Crippen LogP contribution in [-0.4, -0.2) is 115 Å². The molecule has 0 aromatic rings. The number of ether oxygens (including phenoxy) is 4. The molecule has 0 bridgehead atoms. The third-order valence-electron chi connectivity index (χ3n) is 9.80. The van der Waals surface area contributed by atoms with Crippen LogP contribution in [0.15, 0.2) is 35.1 Å². The largest absolute Gasteiger partial charge is 0.497 e. The number of esters is 1. The maximum atomic E-state index is 14.3. The van der Waals surface area contributed by atoms with Crippen LogP contribution in [0.2, 0.25) is 0 Å². The van der Waals surface area contributed by atoms with Crippen LogP contribution in [0.4, 0.5) is 9.59 Å². The molecule has 296 valence electrons. The van der Waals surface area contributed by atoms with Crippen molar-refractivity contribution in [2.75, 3.05) is 39.4 Å². The average Bonchev–Trinajstić information content (AvgIpc) is 3.38. The van der Waals surface area contributed by atoms with Gasteiger partial charge in [0.2, 0.25) is 11.8 Å². The van der Waals surface area contributed by atoms with Crippen molar-refractivity contribution < 1.29 is 42.9 Å². The fourth-order valence-electron chi connectivity index (χ4n) is 6.99. The lowest BCUT2D eigenvalue weighted by Gasteiger charge is -2.30. The summed E-state index contributed by atoms with van der Waals surface area (Å²) in [5.41, 5.74) is -0.0616. The summed E-state index contributed by atoms with van der Waals surface area (Å²) in [6, 6.07) is -1.67. The number of allylic oxidation sites excluding steroid dienone is 2. The Balaban J connectivity index is 1.51. The summed E-state index contributed by atoms with van der Waals surface area (Å²) < 4.78 is 22.7. The molecule has 0 aromatic heterocycles. The van der Waals surface area contributed by atoms with Crippen LogP contribution in [-0.2, 0) is 33.3 Å². The minimum atomic E-state index is -1.24. The van der Waals surface area contributed by atoms with Gasteiger partial charge in [-0.15, -0.1) is 0 Å². The molecule has 4 aliphatic rings. The number of nitrogens with one attached hydrogen (secondary N) is 3.